The van der Waals surface area contributed by atoms with E-state index >= 15 is 0 Å². The third-order valence-electron chi connectivity index (χ3n) is 4.12. The summed E-state index contributed by atoms with van der Waals surface area (Å²) < 4.78 is 38.6. The fourth-order valence-electron chi connectivity index (χ4n) is 2.83. The zero-order valence-electron chi connectivity index (χ0n) is 14.2. The van der Waals surface area contributed by atoms with Crippen LogP contribution < -0.4 is 5.32 Å². The van der Waals surface area contributed by atoms with Gasteiger partial charge in [-0.3, -0.25) is 20.2 Å². The molecule has 0 saturated heterocycles. The number of nitrogens with zero attached hydrogens (tertiary/aromatic N) is 3. The van der Waals surface area contributed by atoms with E-state index in [0.29, 0.717) is 6.07 Å². The van der Waals surface area contributed by atoms with E-state index in [9.17, 15) is 38.7 Å². The van der Waals surface area contributed by atoms with Gasteiger partial charge in [-0.25, -0.2) is 0 Å². The number of halogens is 3. The standard InChI is InChI=1S/C18H9F3N4O4/c19-18(20,21)11-5-6-14(10(7-11)9-22)23-17-13-4-2-1-3-12(13)15(24(26)27)8-16(17)25(28)29/h1-8,23H. The Morgan fingerprint density at radius 1 is 0.931 bits per heavy atom. The van der Waals surface area contributed by atoms with Crippen LogP contribution in [0.1, 0.15) is 11.1 Å². The van der Waals surface area contributed by atoms with Gasteiger partial charge in [-0.1, -0.05) is 18.2 Å². The molecular weight excluding hydrogens is 393 g/mol. The zero-order chi connectivity index (χ0) is 21.3. The maximum absolute atomic E-state index is 12.9. The molecule has 3 aromatic carbocycles. The minimum absolute atomic E-state index is 0.0935. The lowest BCUT2D eigenvalue weighted by Gasteiger charge is -2.14. The molecule has 0 atom stereocenters. The summed E-state index contributed by atoms with van der Waals surface area (Å²) in [6, 6.07) is 10.5. The first kappa shape index (κ1) is 19.6. The van der Waals surface area contributed by atoms with E-state index in [2.05, 4.69) is 5.32 Å². The fourth-order valence-corrected chi connectivity index (χ4v) is 2.83. The van der Waals surface area contributed by atoms with Crippen molar-refractivity contribution in [2.24, 2.45) is 0 Å². The molecule has 146 valence electrons. The van der Waals surface area contributed by atoms with Gasteiger partial charge in [-0.05, 0) is 24.3 Å². The number of non-ortho nitro benzene ring substituents is 1. The van der Waals surface area contributed by atoms with Crippen molar-refractivity contribution in [3.63, 3.8) is 0 Å². The van der Waals surface area contributed by atoms with Gasteiger partial charge in [0.1, 0.15) is 11.8 Å². The van der Waals surface area contributed by atoms with Crippen molar-refractivity contribution >= 4 is 33.5 Å². The molecule has 0 aromatic heterocycles. The minimum Gasteiger partial charge on any atom is -0.348 e. The first-order chi connectivity index (χ1) is 13.6. The van der Waals surface area contributed by atoms with E-state index < -0.39 is 38.5 Å². The smallest absolute Gasteiger partial charge is 0.348 e. The predicted octanol–water partition coefficient (Wildman–Crippen LogP) is 5.29. The van der Waals surface area contributed by atoms with Gasteiger partial charge < -0.3 is 5.32 Å². The molecule has 1 N–H and O–H groups in total. The molecule has 3 rings (SSSR count). The van der Waals surface area contributed by atoms with Crippen LogP contribution in [0.3, 0.4) is 0 Å². The van der Waals surface area contributed by atoms with Gasteiger partial charge >= 0.3 is 6.18 Å². The van der Waals surface area contributed by atoms with Crippen molar-refractivity contribution in [2.45, 2.75) is 6.18 Å². The summed E-state index contributed by atoms with van der Waals surface area (Å²) in [7, 11) is 0. The first-order valence-electron chi connectivity index (χ1n) is 7.86. The molecule has 3 aromatic rings. The highest BCUT2D eigenvalue weighted by atomic mass is 19.4. The number of nitro groups is 2. The number of nitriles is 1. The Labute approximate surface area is 160 Å². The highest BCUT2D eigenvalue weighted by molar-refractivity contribution is 6.05. The topological polar surface area (TPSA) is 122 Å². The molecule has 0 radical (unpaired) electrons. The summed E-state index contributed by atoms with van der Waals surface area (Å²) in [6.45, 7) is 0. The molecule has 0 unspecified atom stereocenters. The second-order valence-corrected chi connectivity index (χ2v) is 5.84. The van der Waals surface area contributed by atoms with Gasteiger partial charge in [-0.2, -0.15) is 18.4 Å². The molecule has 0 spiro atoms. The highest BCUT2D eigenvalue weighted by Gasteiger charge is 2.31. The highest BCUT2D eigenvalue weighted by Crippen LogP contribution is 2.41. The fraction of sp³-hybridized carbons (Fsp3) is 0.0556. The van der Waals surface area contributed by atoms with Crippen LogP contribution in [0.4, 0.5) is 35.9 Å². The van der Waals surface area contributed by atoms with E-state index in [4.69, 9.17) is 0 Å². The molecule has 0 bridgehead atoms. The zero-order valence-corrected chi connectivity index (χ0v) is 14.2. The van der Waals surface area contributed by atoms with Gasteiger partial charge in [0, 0.05) is 5.39 Å². The van der Waals surface area contributed by atoms with Crippen molar-refractivity contribution < 1.29 is 23.0 Å². The van der Waals surface area contributed by atoms with Crippen LogP contribution in [0.25, 0.3) is 10.8 Å². The van der Waals surface area contributed by atoms with Crippen LogP contribution in [0.2, 0.25) is 0 Å². The van der Waals surface area contributed by atoms with Crippen LogP contribution in [-0.2, 0) is 6.18 Å². The molecule has 0 aliphatic rings. The number of nitrogens with one attached hydrogen (secondary N) is 1. The third-order valence-corrected chi connectivity index (χ3v) is 4.12. The number of hydrogen-bond donors (Lipinski definition) is 1. The lowest BCUT2D eigenvalue weighted by molar-refractivity contribution is -0.392. The molecule has 0 aliphatic carbocycles. The van der Waals surface area contributed by atoms with Crippen molar-refractivity contribution in [3.8, 4) is 6.07 Å². The van der Waals surface area contributed by atoms with Gasteiger partial charge in [-0.15, -0.1) is 0 Å². The summed E-state index contributed by atoms with van der Waals surface area (Å²) in [5.74, 6) is 0. The van der Waals surface area contributed by atoms with Crippen LogP contribution in [0, 0.1) is 31.6 Å². The Morgan fingerprint density at radius 2 is 1.55 bits per heavy atom. The average Bonchev–Trinajstić information content (AvgIpc) is 2.67. The maximum atomic E-state index is 12.9. The van der Waals surface area contributed by atoms with Crippen molar-refractivity contribution in [2.75, 3.05) is 5.32 Å². The Kier molecular flexibility index (Phi) is 4.78. The molecule has 0 saturated carbocycles. The van der Waals surface area contributed by atoms with E-state index in [1.165, 1.54) is 24.3 Å². The summed E-state index contributed by atoms with van der Waals surface area (Å²) in [5, 5.41) is 34.8. The number of fused-ring (bicyclic) bond motifs is 1. The van der Waals surface area contributed by atoms with Crippen LogP contribution in [-0.4, -0.2) is 9.85 Å². The second kappa shape index (κ2) is 7.08. The predicted molar refractivity (Wildman–Crippen MR) is 96.7 cm³/mol. The molecule has 0 fully saturated rings. The summed E-state index contributed by atoms with van der Waals surface area (Å²) >= 11 is 0. The molecule has 0 heterocycles. The van der Waals surface area contributed by atoms with E-state index in [1.807, 2.05) is 0 Å². The van der Waals surface area contributed by atoms with Crippen molar-refractivity contribution in [1.29, 1.82) is 5.26 Å². The number of nitro benzene ring substituents is 2. The lowest BCUT2D eigenvalue weighted by atomic mass is 10.0. The molecule has 8 nitrogen and oxygen atoms in total. The van der Waals surface area contributed by atoms with Crippen LogP contribution in [0.5, 0.6) is 0 Å². The third kappa shape index (κ3) is 3.63. The number of alkyl halides is 3. The van der Waals surface area contributed by atoms with Crippen molar-refractivity contribution in [3.05, 3.63) is 79.9 Å². The monoisotopic (exact) mass is 402 g/mol. The van der Waals surface area contributed by atoms with Gasteiger partial charge in [0.15, 0.2) is 0 Å². The number of anilines is 2. The lowest BCUT2D eigenvalue weighted by Crippen LogP contribution is -2.07. The summed E-state index contributed by atoms with van der Waals surface area (Å²) in [6.07, 6.45) is -4.67. The van der Waals surface area contributed by atoms with E-state index in [-0.39, 0.29) is 22.1 Å². The van der Waals surface area contributed by atoms with Crippen LogP contribution >= 0.6 is 0 Å². The Hall–Kier alpha value is -4.20. The number of hydrogen-bond acceptors (Lipinski definition) is 6. The average molecular weight is 402 g/mol. The Morgan fingerprint density at radius 3 is 2.10 bits per heavy atom. The van der Waals surface area contributed by atoms with E-state index in [1.54, 1.807) is 6.07 Å². The van der Waals surface area contributed by atoms with Crippen molar-refractivity contribution in [1.82, 2.24) is 0 Å². The number of rotatable bonds is 4. The maximum Gasteiger partial charge on any atom is 0.416 e. The van der Waals surface area contributed by atoms with Gasteiger partial charge in [0.05, 0.1) is 38.1 Å². The van der Waals surface area contributed by atoms with Crippen LogP contribution in [0.15, 0.2) is 48.5 Å². The summed E-state index contributed by atoms with van der Waals surface area (Å²) in [4.78, 5) is 21.2. The largest absolute Gasteiger partial charge is 0.416 e. The molecule has 29 heavy (non-hydrogen) atoms. The van der Waals surface area contributed by atoms with Gasteiger partial charge in [0.2, 0.25) is 0 Å². The second-order valence-electron chi connectivity index (χ2n) is 5.84. The minimum atomic E-state index is -4.67. The Bertz CT molecular complexity index is 1200. The van der Waals surface area contributed by atoms with E-state index in [0.717, 1.165) is 18.2 Å². The Balaban J connectivity index is 2.25. The quantitative estimate of drug-likeness (QED) is 0.467. The molecule has 0 aliphatic heterocycles. The normalized spacial score (nSPS) is 11.1. The van der Waals surface area contributed by atoms with Gasteiger partial charge in [0.25, 0.3) is 11.4 Å². The number of benzene rings is 3. The SMILES string of the molecule is N#Cc1cc(C(F)(F)F)ccc1Nc1c([N+](=O)[O-])cc([N+](=O)[O-])c2ccccc12. The molecular formula is C18H9F3N4O4. The molecule has 11 heteroatoms. The molecule has 0 amide bonds. The first-order valence-corrected chi connectivity index (χ1v) is 7.86. The summed E-state index contributed by atoms with van der Waals surface area (Å²) in [5.41, 5.74) is -2.88.